The first-order valence-corrected chi connectivity index (χ1v) is 16.5. The minimum Gasteiger partial charge on any atom is -0.168 e. The van der Waals surface area contributed by atoms with Gasteiger partial charge in [-0.25, -0.2) is 0 Å². The second kappa shape index (κ2) is 19.8. The number of fused-ring (bicyclic) bond motifs is 2. The van der Waals surface area contributed by atoms with Gasteiger partial charge in [-0.2, -0.15) is 35.0 Å². The fraction of sp³-hybridized carbons (Fsp3) is 0.111. The van der Waals surface area contributed by atoms with Gasteiger partial charge in [0.15, 0.2) is 0 Å². The summed E-state index contributed by atoms with van der Waals surface area (Å²) in [6, 6.07) is 40.8. The summed E-state index contributed by atoms with van der Waals surface area (Å²) in [5.41, 5.74) is 3.76. The van der Waals surface area contributed by atoms with Crippen LogP contribution in [0.25, 0.3) is 21.5 Å². The van der Waals surface area contributed by atoms with Crippen molar-refractivity contribution in [1.29, 1.82) is 0 Å². The van der Waals surface area contributed by atoms with E-state index in [4.69, 9.17) is 0 Å². The third kappa shape index (κ3) is 11.5. The van der Waals surface area contributed by atoms with Gasteiger partial charge in [-0.05, 0) is 49.9 Å². The van der Waals surface area contributed by atoms with E-state index in [1.165, 1.54) is 44.9 Å². The van der Waals surface area contributed by atoms with Crippen molar-refractivity contribution in [3.8, 4) is 11.5 Å². The molecule has 0 fully saturated rings. The molecule has 6 aromatic carbocycles. The van der Waals surface area contributed by atoms with Crippen molar-refractivity contribution in [3.05, 3.63) is 158 Å². The van der Waals surface area contributed by atoms with Gasteiger partial charge in [0.1, 0.15) is 11.5 Å². The van der Waals surface area contributed by atoms with Crippen LogP contribution in [0.5, 0.6) is 11.5 Å². The average Bonchev–Trinajstić information content (AvgIpc) is 3.62. The summed E-state index contributed by atoms with van der Waals surface area (Å²) in [7, 11) is 0. The Morgan fingerprint density at radius 3 is 1.05 bits per heavy atom. The number of aromatic hydroxyl groups is 2. The maximum absolute atomic E-state index is 9.21. The second-order valence-electron chi connectivity index (χ2n) is 8.79. The Kier molecular flexibility index (Phi) is 18.2. The smallest absolute Gasteiger partial charge is 0.0809 e. The fourth-order valence-electron chi connectivity index (χ4n) is 3.75. The molecule has 0 unspecified atom stereocenters. The largest absolute Gasteiger partial charge is 0.168 e. The van der Waals surface area contributed by atoms with Gasteiger partial charge in [0.25, 0.3) is 0 Å². The minimum absolute atomic E-state index is 0. The van der Waals surface area contributed by atoms with Crippen LogP contribution in [-0.4, -0.2) is 17.1 Å². The summed E-state index contributed by atoms with van der Waals surface area (Å²) >= 11 is 1.36. The predicted molar refractivity (Wildman–Crippen MR) is 173 cm³/mol. The quantitative estimate of drug-likeness (QED) is 0.131. The molecule has 0 aliphatic carbocycles. The molecular formula is C36H40O2SiZr-4. The van der Waals surface area contributed by atoms with Crippen molar-refractivity contribution in [2.75, 3.05) is 0 Å². The van der Waals surface area contributed by atoms with Crippen LogP contribution in [0.15, 0.2) is 121 Å². The molecule has 0 spiro atoms. The molecule has 0 saturated carbocycles. The van der Waals surface area contributed by atoms with Crippen LogP contribution in [-0.2, 0) is 23.3 Å². The minimum atomic E-state index is 0. The Hall–Kier alpha value is -3.20. The number of hydrogen-bond donors (Lipinski definition) is 2. The average molecular weight is 624 g/mol. The molecule has 6 rings (SSSR count). The van der Waals surface area contributed by atoms with E-state index in [0.29, 0.717) is 11.5 Å². The third-order valence-corrected chi connectivity index (χ3v) is 5.97. The molecule has 0 heterocycles. The summed E-state index contributed by atoms with van der Waals surface area (Å²) in [6.45, 7) is 10.6. The Morgan fingerprint density at radius 1 is 0.475 bits per heavy atom. The first kappa shape index (κ1) is 36.8. The van der Waals surface area contributed by atoms with E-state index in [-0.39, 0.29) is 14.9 Å². The molecule has 0 amide bonds. The Morgan fingerprint density at radius 2 is 0.775 bits per heavy atom. The van der Waals surface area contributed by atoms with E-state index in [1.54, 1.807) is 0 Å². The van der Waals surface area contributed by atoms with Gasteiger partial charge < -0.3 is 25.1 Å². The van der Waals surface area contributed by atoms with Crippen LogP contribution in [0.4, 0.5) is 0 Å². The zero-order valence-electron chi connectivity index (χ0n) is 24.4. The fourth-order valence-corrected chi connectivity index (χ4v) is 3.75. The summed E-state index contributed by atoms with van der Waals surface area (Å²) in [5.74, 6) is 0.829. The van der Waals surface area contributed by atoms with E-state index in [9.17, 15) is 10.2 Å². The van der Waals surface area contributed by atoms with Crippen molar-refractivity contribution in [3.63, 3.8) is 0 Å². The zero-order chi connectivity index (χ0) is 27.9. The van der Waals surface area contributed by atoms with E-state index >= 15 is 0 Å². The second-order valence-corrected chi connectivity index (χ2v) is 8.79. The first-order chi connectivity index (χ1) is 18.4. The molecule has 0 aromatic heterocycles. The number of benzene rings is 4. The molecule has 4 heteroatoms. The summed E-state index contributed by atoms with van der Waals surface area (Å²) in [6.07, 6.45) is 0. The molecule has 2 nitrogen and oxygen atoms in total. The number of phenolic OH excluding ortho intramolecular Hbond substituents is 2. The van der Waals surface area contributed by atoms with Crippen LogP contribution in [0.1, 0.15) is 22.3 Å². The van der Waals surface area contributed by atoms with Crippen molar-refractivity contribution in [2.45, 2.75) is 27.7 Å². The van der Waals surface area contributed by atoms with Gasteiger partial charge >= 0.3 is 30.2 Å². The Bertz CT molecular complexity index is 1310. The van der Waals surface area contributed by atoms with Gasteiger partial charge in [0, 0.05) is 0 Å². The molecule has 0 aliphatic rings. The van der Waals surface area contributed by atoms with Crippen LogP contribution in [0, 0.1) is 42.5 Å². The van der Waals surface area contributed by atoms with E-state index in [0.717, 1.165) is 22.3 Å². The standard InChI is InChI=1S/2C9H7.2C8H10O.2CH3.Si.Zr/c2*1-2-5-9-7-3-6-8(9)4-1;2*1-6-4-3-5-7(2)8(6)9;;;;/h2*1-7H;2*3-5,9H,1-2H3;2*1H3;;/q2*-1;;;2*-1;;. The Labute approximate surface area is 258 Å². The predicted octanol–water partition coefficient (Wildman–Crippen LogP) is 9.65. The van der Waals surface area contributed by atoms with Gasteiger partial charge in [0.05, 0.1) is 0 Å². The molecule has 0 saturated heterocycles. The molecule has 0 atom stereocenters. The molecule has 2 radical (unpaired) electrons. The monoisotopic (exact) mass is 622 g/mol. The summed E-state index contributed by atoms with van der Waals surface area (Å²) in [5, 5.41) is 23.7. The summed E-state index contributed by atoms with van der Waals surface area (Å²) in [4.78, 5) is 0. The maximum Gasteiger partial charge on any atom is -0.0809 e. The van der Waals surface area contributed by atoms with E-state index < -0.39 is 0 Å². The molecule has 40 heavy (non-hydrogen) atoms. The van der Waals surface area contributed by atoms with Gasteiger partial charge in [-0.3, -0.25) is 0 Å². The molecule has 2 N–H and O–H groups in total. The van der Waals surface area contributed by atoms with Gasteiger partial charge in [-0.15, -0.1) is 59.3 Å². The van der Waals surface area contributed by atoms with Gasteiger partial charge in [-0.1, -0.05) is 48.5 Å². The van der Waals surface area contributed by atoms with E-state index in [1.807, 2.05) is 64.1 Å². The van der Waals surface area contributed by atoms with Crippen LogP contribution in [0.3, 0.4) is 0 Å². The van der Waals surface area contributed by atoms with Gasteiger partial charge in [0.2, 0.25) is 0 Å². The SMILES string of the molecule is Cc1cccc(C)c1O.Cc1cccc(C)c1O.[CH3-].[CH3-].[Si]=[Zr].c1ccc2[cH-]ccc2c1.c1ccc2[cH-]ccc2c1. The van der Waals surface area contributed by atoms with Crippen molar-refractivity contribution in [1.82, 2.24) is 0 Å². The molecule has 208 valence electrons. The van der Waals surface area contributed by atoms with E-state index in [2.05, 4.69) is 91.8 Å². The van der Waals surface area contributed by atoms with Crippen molar-refractivity contribution < 1.29 is 33.5 Å². The third-order valence-electron chi connectivity index (χ3n) is 5.97. The van der Waals surface area contributed by atoms with Crippen LogP contribution < -0.4 is 0 Å². The molecule has 0 bridgehead atoms. The number of para-hydroxylation sites is 2. The topological polar surface area (TPSA) is 40.5 Å². The Balaban J connectivity index is 0.000000488. The van der Waals surface area contributed by atoms with Crippen LogP contribution >= 0.6 is 0 Å². The maximum atomic E-state index is 9.21. The number of rotatable bonds is 0. The molecule has 6 aromatic rings. The van der Waals surface area contributed by atoms with Crippen molar-refractivity contribution >= 4 is 28.4 Å². The van der Waals surface area contributed by atoms with Crippen LogP contribution in [0.2, 0.25) is 0 Å². The first-order valence-electron chi connectivity index (χ1n) is 12.3. The zero-order valence-corrected chi connectivity index (χ0v) is 27.9. The van der Waals surface area contributed by atoms with Crippen molar-refractivity contribution in [2.24, 2.45) is 0 Å². The number of hydrogen-bond acceptors (Lipinski definition) is 2. The summed E-state index contributed by atoms with van der Waals surface area (Å²) < 4.78 is 0. The normalized spacial score (nSPS) is 8.97. The number of aryl methyl sites for hydroxylation is 4. The molecule has 0 aliphatic heterocycles. The molecular weight excluding hydrogens is 584 g/mol. The number of phenols is 2.